The van der Waals surface area contributed by atoms with Crippen LogP contribution in [0, 0.1) is 5.41 Å². The standard InChI is InChI=1S/C15H21N3O3/c1-3-15(13(19)20)7-9-18(11-15)14(21)17(2)10-12-6-4-5-8-16-12/h4-6,8H,3,7,9-11H2,1-2H3,(H,19,20). The van der Waals surface area contributed by atoms with Gasteiger partial charge in [-0.05, 0) is 25.0 Å². The van der Waals surface area contributed by atoms with Crippen LogP contribution >= 0.6 is 0 Å². The number of urea groups is 1. The van der Waals surface area contributed by atoms with Gasteiger partial charge in [0.1, 0.15) is 0 Å². The molecule has 2 rings (SSSR count). The van der Waals surface area contributed by atoms with Gasteiger partial charge in [0.15, 0.2) is 0 Å². The van der Waals surface area contributed by atoms with Gasteiger partial charge in [-0.3, -0.25) is 9.78 Å². The molecule has 0 aliphatic carbocycles. The number of likely N-dealkylation sites (tertiary alicyclic amines) is 1. The zero-order chi connectivity index (χ0) is 15.5. The van der Waals surface area contributed by atoms with Crippen LogP contribution in [-0.2, 0) is 11.3 Å². The number of aliphatic carboxylic acids is 1. The van der Waals surface area contributed by atoms with Gasteiger partial charge in [0.25, 0.3) is 0 Å². The fraction of sp³-hybridized carbons (Fsp3) is 0.533. The SMILES string of the molecule is CCC1(C(=O)O)CCN(C(=O)N(C)Cc2ccccn2)C1. The highest BCUT2D eigenvalue weighted by molar-refractivity contribution is 5.79. The van der Waals surface area contributed by atoms with Gasteiger partial charge in [0.05, 0.1) is 17.7 Å². The van der Waals surface area contributed by atoms with Gasteiger partial charge in [0, 0.05) is 26.3 Å². The molecule has 1 atom stereocenters. The van der Waals surface area contributed by atoms with E-state index in [1.54, 1.807) is 23.0 Å². The molecule has 1 unspecified atom stereocenters. The van der Waals surface area contributed by atoms with Crippen LogP contribution in [-0.4, -0.2) is 52.0 Å². The molecule has 2 amide bonds. The number of aromatic nitrogens is 1. The second-order valence-corrected chi connectivity index (χ2v) is 5.57. The average Bonchev–Trinajstić information content (AvgIpc) is 2.93. The van der Waals surface area contributed by atoms with Crippen molar-refractivity contribution in [2.45, 2.75) is 26.3 Å². The molecule has 0 radical (unpaired) electrons. The molecule has 6 heteroatoms. The molecular weight excluding hydrogens is 270 g/mol. The first-order valence-electron chi connectivity index (χ1n) is 7.12. The number of rotatable bonds is 4. The first kappa shape index (κ1) is 15.3. The summed E-state index contributed by atoms with van der Waals surface area (Å²) in [4.78, 5) is 31.2. The lowest BCUT2D eigenvalue weighted by molar-refractivity contribution is -0.148. The normalized spacial score (nSPS) is 21.3. The molecule has 1 aliphatic heterocycles. The van der Waals surface area contributed by atoms with Crippen molar-refractivity contribution in [1.82, 2.24) is 14.8 Å². The highest BCUT2D eigenvalue weighted by Crippen LogP contribution is 2.34. The molecule has 21 heavy (non-hydrogen) atoms. The van der Waals surface area contributed by atoms with E-state index in [1.165, 1.54) is 0 Å². The molecule has 6 nitrogen and oxygen atoms in total. The number of carbonyl (C=O) groups is 2. The third-order valence-electron chi connectivity index (χ3n) is 4.21. The third-order valence-corrected chi connectivity index (χ3v) is 4.21. The number of carbonyl (C=O) groups excluding carboxylic acids is 1. The van der Waals surface area contributed by atoms with E-state index in [0.29, 0.717) is 25.9 Å². The predicted molar refractivity (Wildman–Crippen MR) is 77.6 cm³/mol. The summed E-state index contributed by atoms with van der Waals surface area (Å²) in [5, 5.41) is 9.38. The molecule has 0 spiro atoms. The number of nitrogens with zero attached hydrogens (tertiary/aromatic N) is 3. The summed E-state index contributed by atoms with van der Waals surface area (Å²) in [6.45, 7) is 3.05. The predicted octanol–water partition coefficient (Wildman–Crippen LogP) is 1.82. The molecule has 1 aromatic heterocycles. The smallest absolute Gasteiger partial charge is 0.320 e. The maximum Gasteiger partial charge on any atom is 0.320 e. The molecule has 2 heterocycles. The third kappa shape index (κ3) is 3.15. The summed E-state index contributed by atoms with van der Waals surface area (Å²) < 4.78 is 0. The van der Waals surface area contributed by atoms with Crippen LogP contribution in [0.25, 0.3) is 0 Å². The minimum atomic E-state index is -0.812. The van der Waals surface area contributed by atoms with E-state index in [4.69, 9.17) is 0 Å². The van der Waals surface area contributed by atoms with Gasteiger partial charge in [-0.25, -0.2) is 4.79 Å². The van der Waals surface area contributed by atoms with E-state index in [-0.39, 0.29) is 12.6 Å². The minimum absolute atomic E-state index is 0.141. The van der Waals surface area contributed by atoms with Crippen molar-refractivity contribution in [3.05, 3.63) is 30.1 Å². The molecule has 0 aromatic carbocycles. The topological polar surface area (TPSA) is 73.7 Å². The summed E-state index contributed by atoms with van der Waals surface area (Å²) in [5.74, 6) is -0.812. The number of hydrogen-bond acceptors (Lipinski definition) is 3. The quantitative estimate of drug-likeness (QED) is 0.918. The Balaban J connectivity index is 1.99. The first-order chi connectivity index (χ1) is 9.98. The number of amides is 2. The lowest BCUT2D eigenvalue weighted by Gasteiger charge is -2.26. The molecule has 1 N–H and O–H groups in total. The lowest BCUT2D eigenvalue weighted by atomic mass is 9.84. The highest BCUT2D eigenvalue weighted by Gasteiger charge is 2.45. The summed E-state index contributed by atoms with van der Waals surface area (Å²) in [6, 6.07) is 5.43. The Labute approximate surface area is 124 Å². The van der Waals surface area contributed by atoms with Crippen molar-refractivity contribution in [3.8, 4) is 0 Å². The second-order valence-electron chi connectivity index (χ2n) is 5.57. The van der Waals surface area contributed by atoms with E-state index in [9.17, 15) is 14.7 Å². The van der Waals surface area contributed by atoms with Crippen molar-refractivity contribution in [3.63, 3.8) is 0 Å². The van der Waals surface area contributed by atoms with Crippen molar-refractivity contribution >= 4 is 12.0 Å². The van der Waals surface area contributed by atoms with Gasteiger partial charge in [-0.2, -0.15) is 0 Å². The monoisotopic (exact) mass is 291 g/mol. The van der Waals surface area contributed by atoms with E-state index in [0.717, 1.165) is 5.69 Å². The maximum absolute atomic E-state index is 12.4. The lowest BCUT2D eigenvalue weighted by Crippen LogP contribution is -2.42. The Bertz CT molecular complexity index is 520. The van der Waals surface area contributed by atoms with Crippen molar-refractivity contribution in [1.29, 1.82) is 0 Å². The summed E-state index contributed by atoms with van der Waals surface area (Å²) >= 11 is 0. The summed E-state index contributed by atoms with van der Waals surface area (Å²) in [6.07, 6.45) is 2.74. The van der Waals surface area contributed by atoms with E-state index in [2.05, 4.69) is 4.98 Å². The van der Waals surface area contributed by atoms with E-state index >= 15 is 0 Å². The zero-order valence-corrected chi connectivity index (χ0v) is 12.5. The van der Waals surface area contributed by atoms with Crippen molar-refractivity contribution in [2.24, 2.45) is 5.41 Å². The number of pyridine rings is 1. The van der Waals surface area contributed by atoms with Gasteiger partial charge in [0.2, 0.25) is 0 Å². The molecular formula is C15H21N3O3. The first-order valence-corrected chi connectivity index (χ1v) is 7.12. The molecule has 0 saturated carbocycles. The van der Waals surface area contributed by atoms with Crippen LogP contribution in [0.2, 0.25) is 0 Å². The Kier molecular flexibility index (Phi) is 4.45. The summed E-state index contributed by atoms with van der Waals surface area (Å²) in [5.41, 5.74) is 0.0224. The molecule has 1 aromatic rings. The Morgan fingerprint density at radius 2 is 2.24 bits per heavy atom. The second kappa shape index (κ2) is 6.11. The van der Waals surface area contributed by atoms with Crippen molar-refractivity contribution in [2.75, 3.05) is 20.1 Å². The van der Waals surface area contributed by atoms with Gasteiger partial charge in [-0.1, -0.05) is 13.0 Å². The average molecular weight is 291 g/mol. The van der Waals surface area contributed by atoms with Gasteiger partial charge < -0.3 is 14.9 Å². The van der Waals surface area contributed by atoms with E-state index < -0.39 is 11.4 Å². The molecule has 1 aliphatic rings. The largest absolute Gasteiger partial charge is 0.481 e. The van der Waals surface area contributed by atoms with E-state index in [1.807, 2.05) is 25.1 Å². The van der Waals surface area contributed by atoms with Crippen LogP contribution < -0.4 is 0 Å². The van der Waals surface area contributed by atoms with Crippen LogP contribution in [0.3, 0.4) is 0 Å². The van der Waals surface area contributed by atoms with Crippen LogP contribution in [0.5, 0.6) is 0 Å². The Morgan fingerprint density at radius 3 is 2.76 bits per heavy atom. The molecule has 114 valence electrons. The highest BCUT2D eigenvalue weighted by atomic mass is 16.4. The van der Waals surface area contributed by atoms with Crippen LogP contribution in [0.1, 0.15) is 25.5 Å². The molecule has 0 bridgehead atoms. The van der Waals surface area contributed by atoms with Gasteiger partial charge in [-0.15, -0.1) is 0 Å². The Morgan fingerprint density at radius 1 is 1.48 bits per heavy atom. The molecule has 1 fully saturated rings. The number of hydrogen-bond donors (Lipinski definition) is 1. The molecule has 1 saturated heterocycles. The fourth-order valence-corrected chi connectivity index (χ4v) is 2.69. The van der Waals surface area contributed by atoms with Crippen LogP contribution in [0.15, 0.2) is 24.4 Å². The summed E-state index contributed by atoms with van der Waals surface area (Å²) in [7, 11) is 1.71. The number of carboxylic acid groups (broad SMARTS) is 1. The zero-order valence-electron chi connectivity index (χ0n) is 12.5. The van der Waals surface area contributed by atoms with Crippen molar-refractivity contribution < 1.29 is 14.7 Å². The fourth-order valence-electron chi connectivity index (χ4n) is 2.69. The van der Waals surface area contributed by atoms with Crippen LogP contribution in [0.4, 0.5) is 4.79 Å². The minimum Gasteiger partial charge on any atom is -0.481 e. The maximum atomic E-state index is 12.4. The Hall–Kier alpha value is -2.11. The number of carboxylic acids is 1. The van der Waals surface area contributed by atoms with Gasteiger partial charge >= 0.3 is 12.0 Å².